The normalized spacial score (nSPS) is 12.3. The Morgan fingerprint density at radius 2 is 2.04 bits per heavy atom. The van der Waals surface area contributed by atoms with Crippen molar-refractivity contribution in [1.29, 1.82) is 0 Å². The summed E-state index contributed by atoms with van der Waals surface area (Å²) in [6.07, 6.45) is 0. The Morgan fingerprint density at radius 3 is 2.70 bits per heavy atom. The Kier molecular flexibility index (Phi) is 3.93. The van der Waals surface area contributed by atoms with Crippen molar-refractivity contribution in [2.45, 2.75) is 34.2 Å². The molecule has 120 valence electrons. The van der Waals surface area contributed by atoms with Crippen LogP contribution < -0.4 is 4.80 Å². The number of aromatic nitrogens is 3. The van der Waals surface area contributed by atoms with E-state index in [0.717, 1.165) is 22.5 Å². The predicted octanol–water partition coefficient (Wildman–Crippen LogP) is 3.12. The molecule has 0 aliphatic carbocycles. The van der Waals surface area contributed by atoms with Crippen molar-refractivity contribution in [3.63, 3.8) is 0 Å². The summed E-state index contributed by atoms with van der Waals surface area (Å²) in [7, 11) is 1.95. The van der Waals surface area contributed by atoms with Crippen molar-refractivity contribution < 1.29 is 4.79 Å². The SMILES string of the molecule is CCn1nc(C(=O)N=c2sc3ccc(C)c(C)c3n2C)cc1C. The zero-order chi connectivity index (χ0) is 16.7. The van der Waals surface area contributed by atoms with Crippen LogP contribution in [0.2, 0.25) is 0 Å². The van der Waals surface area contributed by atoms with Gasteiger partial charge in [0.25, 0.3) is 5.91 Å². The van der Waals surface area contributed by atoms with Crippen LogP contribution >= 0.6 is 11.3 Å². The number of benzene rings is 1. The Balaban J connectivity index is 2.12. The van der Waals surface area contributed by atoms with Crippen molar-refractivity contribution in [2.24, 2.45) is 12.0 Å². The van der Waals surface area contributed by atoms with Crippen molar-refractivity contribution in [1.82, 2.24) is 14.3 Å². The number of fused-ring (bicyclic) bond motifs is 1. The van der Waals surface area contributed by atoms with Crippen LogP contribution in [0.1, 0.15) is 34.2 Å². The van der Waals surface area contributed by atoms with Gasteiger partial charge in [-0.25, -0.2) is 0 Å². The second-order valence-corrected chi connectivity index (χ2v) is 6.71. The summed E-state index contributed by atoms with van der Waals surface area (Å²) in [4.78, 5) is 17.4. The Labute approximate surface area is 138 Å². The number of hydrogen-bond acceptors (Lipinski definition) is 3. The quantitative estimate of drug-likeness (QED) is 0.726. The van der Waals surface area contributed by atoms with E-state index in [1.807, 2.05) is 25.5 Å². The van der Waals surface area contributed by atoms with Crippen molar-refractivity contribution in [3.8, 4) is 0 Å². The number of hydrogen-bond donors (Lipinski definition) is 0. The van der Waals surface area contributed by atoms with Gasteiger partial charge in [0.2, 0.25) is 0 Å². The topological polar surface area (TPSA) is 52.2 Å². The minimum absolute atomic E-state index is 0.295. The molecule has 0 N–H and O–H groups in total. The summed E-state index contributed by atoms with van der Waals surface area (Å²) in [6, 6.07) is 5.98. The van der Waals surface area contributed by atoms with Crippen molar-refractivity contribution >= 4 is 27.5 Å². The van der Waals surface area contributed by atoms with Crippen LogP contribution in [0.25, 0.3) is 10.2 Å². The molecule has 3 rings (SSSR count). The van der Waals surface area contributed by atoms with Crippen LogP contribution in [0.15, 0.2) is 23.2 Å². The monoisotopic (exact) mass is 328 g/mol. The van der Waals surface area contributed by atoms with E-state index in [1.54, 1.807) is 10.7 Å². The van der Waals surface area contributed by atoms with Crippen LogP contribution in [-0.4, -0.2) is 20.3 Å². The molecule has 1 amide bonds. The molecule has 0 radical (unpaired) electrons. The van der Waals surface area contributed by atoms with E-state index in [2.05, 4.69) is 36.1 Å². The molecule has 0 fully saturated rings. The van der Waals surface area contributed by atoms with E-state index in [0.29, 0.717) is 10.5 Å². The molecule has 2 heterocycles. The first-order valence-corrected chi connectivity index (χ1v) is 8.43. The van der Waals surface area contributed by atoms with Crippen LogP contribution in [0, 0.1) is 20.8 Å². The maximum atomic E-state index is 12.4. The van der Waals surface area contributed by atoms with Gasteiger partial charge in [0.1, 0.15) is 0 Å². The summed E-state index contributed by atoms with van der Waals surface area (Å²) in [5, 5.41) is 4.31. The van der Waals surface area contributed by atoms with E-state index >= 15 is 0 Å². The van der Waals surface area contributed by atoms with Crippen LogP contribution in [0.4, 0.5) is 0 Å². The van der Waals surface area contributed by atoms with E-state index < -0.39 is 0 Å². The highest BCUT2D eigenvalue weighted by molar-refractivity contribution is 7.16. The van der Waals surface area contributed by atoms with Crippen LogP contribution in [-0.2, 0) is 13.6 Å². The molecule has 0 bridgehead atoms. The van der Waals surface area contributed by atoms with Crippen molar-refractivity contribution in [3.05, 3.63) is 45.5 Å². The van der Waals surface area contributed by atoms with Gasteiger partial charge >= 0.3 is 0 Å². The first-order chi connectivity index (χ1) is 10.9. The lowest BCUT2D eigenvalue weighted by Crippen LogP contribution is -2.14. The summed E-state index contributed by atoms with van der Waals surface area (Å²) < 4.78 is 4.93. The van der Waals surface area contributed by atoms with Gasteiger partial charge in [-0.15, -0.1) is 0 Å². The number of carbonyl (C=O) groups is 1. The Hall–Kier alpha value is -2.21. The fourth-order valence-corrected chi connectivity index (χ4v) is 3.79. The molecule has 0 aliphatic heterocycles. The van der Waals surface area contributed by atoms with Crippen LogP contribution in [0.5, 0.6) is 0 Å². The molecule has 1 aromatic carbocycles. The summed E-state index contributed by atoms with van der Waals surface area (Å²) in [5.41, 5.74) is 4.96. The fraction of sp³-hybridized carbons (Fsp3) is 0.353. The molecule has 6 heteroatoms. The highest BCUT2D eigenvalue weighted by Crippen LogP contribution is 2.23. The maximum Gasteiger partial charge on any atom is 0.300 e. The lowest BCUT2D eigenvalue weighted by molar-refractivity contribution is 0.0992. The molecule has 0 saturated heterocycles. The zero-order valence-electron chi connectivity index (χ0n) is 14.0. The molecule has 0 spiro atoms. The molecule has 0 atom stereocenters. The molecule has 3 aromatic rings. The molecular weight excluding hydrogens is 308 g/mol. The average molecular weight is 328 g/mol. The van der Waals surface area contributed by atoms with Gasteiger partial charge in [-0.2, -0.15) is 10.1 Å². The van der Waals surface area contributed by atoms with Crippen LogP contribution in [0.3, 0.4) is 0 Å². The van der Waals surface area contributed by atoms with Crippen molar-refractivity contribution in [2.75, 3.05) is 0 Å². The minimum atomic E-state index is -0.295. The van der Waals surface area contributed by atoms with Gasteiger partial charge in [0, 0.05) is 19.3 Å². The molecule has 0 saturated carbocycles. The Morgan fingerprint density at radius 1 is 1.30 bits per heavy atom. The first kappa shape index (κ1) is 15.7. The molecule has 5 nitrogen and oxygen atoms in total. The molecular formula is C17H20N4OS. The summed E-state index contributed by atoms with van der Waals surface area (Å²) in [5.74, 6) is -0.295. The predicted molar refractivity (Wildman–Crippen MR) is 92.8 cm³/mol. The second kappa shape index (κ2) is 5.77. The lowest BCUT2D eigenvalue weighted by Gasteiger charge is -2.03. The third-order valence-corrected chi connectivity index (χ3v) is 5.28. The summed E-state index contributed by atoms with van der Waals surface area (Å²) in [6.45, 7) is 8.88. The number of carbonyl (C=O) groups excluding carboxylic acids is 1. The number of nitrogens with zero attached hydrogens (tertiary/aromatic N) is 4. The zero-order valence-corrected chi connectivity index (χ0v) is 14.9. The number of amides is 1. The van der Waals surface area contributed by atoms with Gasteiger partial charge < -0.3 is 4.57 Å². The van der Waals surface area contributed by atoms with E-state index in [-0.39, 0.29) is 5.91 Å². The van der Waals surface area contributed by atoms with Gasteiger partial charge in [-0.3, -0.25) is 9.48 Å². The van der Waals surface area contributed by atoms with E-state index in [4.69, 9.17) is 0 Å². The minimum Gasteiger partial charge on any atom is -0.319 e. The molecule has 0 unspecified atom stereocenters. The highest BCUT2D eigenvalue weighted by Gasteiger charge is 2.13. The molecule has 0 aliphatic rings. The lowest BCUT2D eigenvalue weighted by atomic mass is 10.1. The second-order valence-electron chi connectivity index (χ2n) is 5.70. The van der Waals surface area contributed by atoms with E-state index in [9.17, 15) is 4.79 Å². The standard InChI is InChI=1S/C17H20N4OS/c1-6-21-11(3)9-13(19-21)16(22)18-17-20(5)15-12(4)10(2)7-8-14(15)23-17/h7-9H,6H2,1-5H3. The Bertz CT molecular complexity index is 975. The fourth-order valence-electron chi connectivity index (χ4n) is 2.71. The third-order valence-electron chi connectivity index (χ3n) is 4.19. The number of aryl methyl sites for hydroxylation is 5. The van der Waals surface area contributed by atoms with Gasteiger partial charge in [0.15, 0.2) is 10.5 Å². The largest absolute Gasteiger partial charge is 0.319 e. The number of rotatable bonds is 2. The van der Waals surface area contributed by atoms with Gasteiger partial charge in [0.05, 0.1) is 10.2 Å². The van der Waals surface area contributed by atoms with Gasteiger partial charge in [-0.05, 0) is 51.0 Å². The highest BCUT2D eigenvalue weighted by atomic mass is 32.1. The number of thiazole rings is 1. The smallest absolute Gasteiger partial charge is 0.300 e. The van der Waals surface area contributed by atoms with E-state index in [1.165, 1.54) is 22.5 Å². The molecule has 2 aromatic heterocycles. The van der Waals surface area contributed by atoms with Gasteiger partial charge in [-0.1, -0.05) is 17.4 Å². The first-order valence-electron chi connectivity index (χ1n) is 7.61. The average Bonchev–Trinajstić information content (AvgIpc) is 3.04. The molecule has 23 heavy (non-hydrogen) atoms. The maximum absolute atomic E-state index is 12.4. The summed E-state index contributed by atoms with van der Waals surface area (Å²) >= 11 is 1.53. The third kappa shape index (κ3) is 2.63.